The summed E-state index contributed by atoms with van der Waals surface area (Å²) in [6.45, 7) is 4.50. The first-order chi connectivity index (χ1) is 16.1. The Labute approximate surface area is 200 Å². The van der Waals surface area contributed by atoms with Crippen molar-refractivity contribution < 1.29 is 14.3 Å². The molecule has 2 amide bonds. The molecule has 2 fully saturated rings. The van der Waals surface area contributed by atoms with Crippen LogP contribution in [0.4, 0.5) is 11.4 Å². The van der Waals surface area contributed by atoms with Crippen molar-refractivity contribution in [1.82, 2.24) is 10.2 Å². The van der Waals surface area contributed by atoms with Crippen molar-refractivity contribution in [2.24, 2.45) is 0 Å². The van der Waals surface area contributed by atoms with Gasteiger partial charge in [-0.3, -0.25) is 9.59 Å². The van der Waals surface area contributed by atoms with Gasteiger partial charge in [0.2, 0.25) is 5.91 Å². The Bertz CT molecular complexity index is 970. The van der Waals surface area contributed by atoms with Gasteiger partial charge in [0.05, 0.1) is 16.3 Å². The van der Waals surface area contributed by atoms with E-state index in [0.29, 0.717) is 13.1 Å². The van der Waals surface area contributed by atoms with E-state index in [0.717, 1.165) is 61.0 Å². The lowest BCUT2D eigenvalue weighted by Gasteiger charge is -2.38. The molecule has 2 aromatic carbocycles. The SMILES string of the molecule is COCC(=O)NC1CCN(c2ccccc2C(=O)N2CCN(c3ccccc3Cl)CC2)CC1. The lowest BCUT2D eigenvalue weighted by atomic mass is 10.0. The molecule has 2 aliphatic rings. The second kappa shape index (κ2) is 10.9. The van der Waals surface area contributed by atoms with Crippen molar-refractivity contribution >= 4 is 34.8 Å². The summed E-state index contributed by atoms with van der Waals surface area (Å²) in [5, 5.41) is 3.76. The van der Waals surface area contributed by atoms with Crippen molar-refractivity contribution in [2.75, 3.05) is 62.8 Å². The normalized spacial score (nSPS) is 17.2. The number of hydrogen-bond acceptors (Lipinski definition) is 5. The van der Waals surface area contributed by atoms with Crippen LogP contribution in [0.25, 0.3) is 0 Å². The molecule has 7 nitrogen and oxygen atoms in total. The summed E-state index contributed by atoms with van der Waals surface area (Å²) in [5.74, 6) is -0.0117. The second-order valence-corrected chi connectivity index (χ2v) is 8.92. The quantitative estimate of drug-likeness (QED) is 0.703. The molecule has 2 saturated heterocycles. The summed E-state index contributed by atoms with van der Waals surface area (Å²) in [6, 6.07) is 15.8. The second-order valence-electron chi connectivity index (χ2n) is 8.51. The number of carbonyl (C=O) groups is 2. The number of anilines is 2. The summed E-state index contributed by atoms with van der Waals surface area (Å²) in [4.78, 5) is 31.7. The van der Waals surface area contributed by atoms with Gasteiger partial charge in [-0.05, 0) is 37.1 Å². The summed E-state index contributed by atoms with van der Waals surface area (Å²) in [5.41, 5.74) is 2.73. The summed E-state index contributed by atoms with van der Waals surface area (Å²) < 4.78 is 4.90. The molecule has 4 rings (SSSR count). The molecule has 0 aliphatic carbocycles. The van der Waals surface area contributed by atoms with Crippen molar-refractivity contribution in [3.8, 4) is 0 Å². The molecule has 8 heteroatoms. The Kier molecular flexibility index (Phi) is 7.73. The molecular formula is C25H31ClN4O3. The monoisotopic (exact) mass is 470 g/mol. The fraction of sp³-hybridized carbons (Fsp3) is 0.440. The summed E-state index contributed by atoms with van der Waals surface area (Å²) in [7, 11) is 1.52. The smallest absolute Gasteiger partial charge is 0.256 e. The zero-order chi connectivity index (χ0) is 23.2. The molecule has 0 atom stereocenters. The fourth-order valence-corrected chi connectivity index (χ4v) is 4.88. The van der Waals surface area contributed by atoms with Crippen LogP contribution in [0.3, 0.4) is 0 Å². The average molecular weight is 471 g/mol. The molecule has 33 heavy (non-hydrogen) atoms. The number of halogens is 1. The highest BCUT2D eigenvalue weighted by atomic mass is 35.5. The van der Waals surface area contributed by atoms with E-state index in [9.17, 15) is 9.59 Å². The lowest BCUT2D eigenvalue weighted by Crippen LogP contribution is -2.49. The van der Waals surface area contributed by atoms with E-state index >= 15 is 0 Å². The van der Waals surface area contributed by atoms with E-state index in [4.69, 9.17) is 16.3 Å². The molecule has 0 radical (unpaired) electrons. The van der Waals surface area contributed by atoms with Crippen LogP contribution in [0.15, 0.2) is 48.5 Å². The number of para-hydroxylation sites is 2. The zero-order valence-electron chi connectivity index (χ0n) is 19.0. The van der Waals surface area contributed by atoms with Gasteiger partial charge < -0.3 is 24.8 Å². The van der Waals surface area contributed by atoms with E-state index in [-0.39, 0.29) is 24.5 Å². The predicted molar refractivity (Wildman–Crippen MR) is 131 cm³/mol. The highest BCUT2D eigenvalue weighted by Gasteiger charge is 2.28. The number of amides is 2. The van der Waals surface area contributed by atoms with E-state index in [2.05, 4.69) is 15.1 Å². The van der Waals surface area contributed by atoms with Crippen LogP contribution >= 0.6 is 11.6 Å². The van der Waals surface area contributed by atoms with Gasteiger partial charge in [0.25, 0.3) is 5.91 Å². The average Bonchev–Trinajstić information content (AvgIpc) is 2.85. The molecule has 2 aliphatic heterocycles. The van der Waals surface area contributed by atoms with Crippen LogP contribution in [0, 0.1) is 0 Å². The van der Waals surface area contributed by atoms with Crippen LogP contribution in [-0.2, 0) is 9.53 Å². The number of piperazine rings is 1. The number of methoxy groups -OCH3 is 1. The van der Waals surface area contributed by atoms with E-state index < -0.39 is 0 Å². The van der Waals surface area contributed by atoms with Gasteiger partial charge in [0, 0.05) is 58.1 Å². The minimum Gasteiger partial charge on any atom is -0.375 e. The Balaban J connectivity index is 1.37. The standard InChI is InChI=1S/C25H31ClN4O3/c1-33-18-24(31)27-19-10-12-28(13-11-19)22-8-4-2-6-20(22)25(32)30-16-14-29(15-17-30)23-9-5-3-7-21(23)26/h2-9,19H,10-18H2,1H3,(H,27,31). The van der Waals surface area contributed by atoms with Crippen LogP contribution in [0.1, 0.15) is 23.2 Å². The van der Waals surface area contributed by atoms with Crippen LogP contribution < -0.4 is 15.1 Å². The predicted octanol–water partition coefficient (Wildman–Crippen LogP) is 3.03. The minimum absolute atomic E-state index is 0.0694. The summed E-state index contributed by atoms with van der Waals surface area (Å²) >= 11 is 6.36. The Hall–Kier alpha value is -2.77. The van der Waals surface area contributed by atoms with Crippen molar-refractivity contribution in [2.45, 2.75) is 18.9 Å². The number of nitrogens with one attached hydrogen (secondary N) is 1. The first kappa shape index (κ1) is 23.4. The van der Waals surface area contributed by atoms with Crippen LogP contribution in [0.5, 0.6) is 0 Å². The Morgan fingerprint density at radius 1 is 0.909 bits per heavy atom. The molecule has 0 saturated carbocycles. The van der Waals surface area contributed by atoms with E-state index in [1.165, 1.54) is 7.11 Å². The highest BCUT2D eigenvalue weighted by molar-refractivity contribution is 6.33. The van der Waals surface area contributed by atoms with Gasteiger partial charge in [-0.1, -0.05) is 35.9 Å². The van der Waals surface area contributed by atoms with Gasteiger partial charge >= 0.3 is 0 Å². The third kappa shape index (κ3) is 5.60. The lowest BCUT2D eigenvalue weighted by molar-refractivity contribution is -0.125. The van der Waals surface area contributed by atoms with Crippen LogP contribution in [0.2, 0.25) is 5.02 Å². The molecule has 0 spiro atoms. The topological polar surface area (TPSA) is 65.1 Å². The van der Waals surface area contributed by atoms with Gasteiger partial charge in [-0.15, -0.1) is 0 Å². The maximum absolute atomic E-state index is 13.4. The molecule has 1 N–H and O–H groups in total. The molecule has 0 unspecified atom stereocenters. The molecular weight excluding hydrogens is 440 g/mol. The Morgan fingerprint density at radius 3 is 2.18 bits per heavy atom. The molecule has 176 valence electrons. The third-order valence-corrected chi connectivity index (χ3v) is 6.69. The number of nitrogens with zero attached hydrogens (tertiary/aromatic N) is 3. The van der Waals surface area contributed by atoms with Crippen molar-refractivity contribution in [3.63, 3.8) is 0 Å². The van der Waals surface area contributed by atoms with Gasteiger partial charge in [-0.2, -0.15) is 0 Å². The summed E-state index contributed by atoms with van der Waals surface area (Å²) in [6.07, 6.45) is 1.68. The number of hydrogen-bond donors (Lipinski definition) is 1. The van der Waals surface area contributed by atoms with Crippen molar-refractivity contribution in [3.05, 3.63) is 59.1 Å². The molecule has 0 bridgehead atoms. The number of benzene rings is 2. The fourth-order valence-electron chi connectivity index (χ4n) is 4.62. The maximum atomic E-state index is 13.4. The minimum atomic E-state index is -0.0811. The largest absolute Gasteiger partial charge is 0.375 e. The zero-order valence-corrected chi connectivity index (χ0v) is 19.8. The van der Waals surface area contributed by atoms with Crippen LogP contribution in [-0.4, -0.2) is 75.7 Å². The van der Waals surface area contributed by atoms with Gasteiger partial charge in [-0.25, -0.2) is 0 Å². The van der Waals surface area contributed by atoms with Crippen molar-refractivity contribution in [1.29, 1.82) is 0 Å². The van der Waals surface area contributed by atoms with E-state index in [1.54, 1.807) is 0 Å². The molecule has 2 heterocycles. The maximum Gasteiger partial charge on any atom is 0.256 e. The molecule has 0 aromatic heterocycles. The third-order valence-electron chi connectivity index (χ3n) is 6.37. The molecule has 2 aromatic rings. The number of rotatable bonds is 6. The van der Waals surface area contributed by atoms with Gasteiger partial charge in [0.15, 0.2) is 0 Å². The van der Waals surface area contributed by atoms with E-state index in [1.807, 2.05) is 53.4 Å². The number of piperidine rings is 1. The first-order valence-electron chi connectivity index (χ1n) is 11.5. The van der Waals surface area contributed by atoms with Gasteiger partial charge in [0.1, 0.15) is 6.61 Å². The first-order valence-corrected chi connectivity index (χ1v) is 11.9. The Morgan fingerprint density at radius 2 is 1.52 bits per heavy atom. The number of ether oxygens (including phenoxy) is 1. The highest BCUT2D eigenvalue weighted by Crippen LogP contribution is 2.28. The number of carbonyl (C=O) groups excluding carboxylic acids is 2.